The Bertz CT molecular complexity index is 928. The van der Waals surface area contributed by atoms with E-state index in [1.54, 1.807) is 6.92 Å². The smallest absolute Gasteiger partial charge is 0.310 e. The molecule has 0 heterocycles. The quantitative estimate of drug-likeness (QED) is 0.536. The number of carbonyl (C=O) groups is 1. The van der Waals surface area contributed by atoms with E-state index in [0.717, 1.165) is 23.5 Å². The van der Waals surface area contributed by atoms with Crippen molar-refractivity contribution >= 4 is 5.97 Å². The SMILES string of the molecule is CC(C(=O)O)c1ccc(CC(C)(C)c2cccc(Oc3ccccc3)c2)cc1. The Kier molecular flexibility index (Phi) is 5.84. The second-order valence-corrected chi connectivity index (χ2v) is 7.81. The van der Waals surface area contributed by atoms with Crippen LogP contribution in [0, 0.1) is 0 Å². The second kappa shape index (κ2) is 8.30. The van der Waals surface area contributed by atoms with Crippen LogP contribution >= 0.6 is 0 Å². The molecule has 0 bridgehead atoms. The van der Waals surface area contributed by atoms with Crippen LogP contribution in [-0.2, 0) is 16.6 Å². The summed E-state index contributed by atoms with van der Waals surface area (Å²) in [6.07, 6.45) is 0.851. The molecule has 3 nitrogen and oxygen atoms in total. The summed E-state index contributed by atoms with van der Waals surface area (Å²) in [5.41, 5.74) is 3.12. The lowest BCUT2D eigenvalue weighted by molar-refractivity contribution is -0.138. The van der Waals surface area contributed by atoms with Crippen molar-refractivity contribution in [1.29, 1.82) is 0 Å². The predicted molar refractivity (Wildman–Crippen MR) is 112 cm³/mol. The van der Waals surface area contributed by atoms with Crippen LogP contribution in [0.1, 0.15) is 43.4 Å². The minimum absolute atomic E-state index is 0.0873. The van der Waals surface area contributed by atoms with Gasteiger partial charge in [-0.05, 0) is 59.7 Å². The highest BCUT2D eigenvalue weighted by atomic mass is 16.5. The maximum Gasteiger partial charge on any atom is 0.310 e. The molecule has 0 aliphatic heterocycles. The molecule has 0 aromatic heterocycles. The van der Waals surface area contributed by atoms with Crippen molar-refractivity contribution in [3.05, 3.63) is 95.6 Å². The zero-order valence-corrected chi connectivity index (χ0v) is 16.6. The summed E-state index contributed by atoms with van der Waals surface area (Å²) >= 11 is 0. The van der Waals surface area contributed by atoms with Gasteiger partial charge in [-0.25, -0.2) is 0 Å². The molecule has 0 aliphatic rings. The van der Waals surface area contributed by atoms with Crippen LogP contribution in [-0.4, -0.2) is 11.1 Å². The van der Waals surface area contributed by atoms with Gasteiger partial charge < -0.3 is 9.84 Å². The summed E-state index contributed by atoms with van der Waals surface area (Å²) in [6, 6.07) is 25.9. The van der Waals surface area contributed by atoms with Crippen LogP contribution in [0.25, 0.3) is 0 Å². The Morgan fingerprint density at radius 1 is 0.929 bits per heavy atom. The lowest BCUT2D eigenvalue weighted by Crippen LogP contribution is -2.20. The first-order valence-corrected chi connectivity index (χ1v) is 9.50. The first kappa shape index (κ1) is 19.7. The lowest BCUT2D eigenvalue weighted by Gasteiger charge is -2.26. The fourth-order valence-corrected chi connectivity index (χ4v) is 3.28. The highest BCUT2D eigenvalue weighted by Crippen LogP contribution is 2.32. The Labute approximate surface area is 166 Å². The Morgan fingerprint density at radius 3 is 2.21 bits per heavy atom. The Balaban J connectivity index is 1.75. The summed E-state index contributed by atoms with van der Waals surface area (Å²) in [5, 5.41) is 9.16. The molecule has 3 aromatic carbocycles. The molecule has 144 valence electrons. The number of benzene rings is 3. The third-order valence-electron chi connectivity index (χ3n) is 5.09. The van der Waals surface area contributed by atoms with Crippen LogP contribution in [0.15, 0.2) is 78.9 Å². The molecule has 3 rings (SSSR count). The van der Waals surface area contributed by atoms with E-state index in [1.807, 2.05) is 66.7 Å². The van der Waals surface area contributed by atoms with E-state index in [2.05, 4.69) is 26.0 Å². The standard InChI is InChI=1S/C25H26O3/c1-18(24(26)27)20-14-12-19(13-15-20)17-25(2,3)21-8-7-11-23(16-21)28-22-9-5-4-6-10-22/h4-16,18H,17H2,1-3H3,(H,26,27). The van der Waals surface area contributed by atoms with E-state index in [0.29, 0.717) is 0 Å². The Hall–Kier alpha value is -3.07. The number of hydrogen-bond donors (Lipinski definition) is 1. The summed E-state index contributed by atoms with van der Waals surface area (Å²) < 4.78 is 5.97. The van der Waals surface area contributed by atoms with Crippen LogP contribution in [0.4, 0.5) is 0 Å². The van der Waals surface area contributed by atoms with Gasteiger partial charge in [-0.1, -0.05) is 68.4 Å². The number of para-hydroxylation sites is 1. The first-order chi connectivity index (χ1) is 13.3. The van der Waals surface area contributed by atoms with Crippen molar-refractivity contribution in [2.45, 2.75) is 38.5 Å². The predicted octanol–water partition coefficient (Wildman–Crippen LogP) is 6.19. The third-order valence-corrected chi connectivity index (χ3v) is 5.09. The minimum atomic E-state index is -0.802. The van der Waals surface area contributed by atoms with Crippen LogP contribution in [0.2, 0.25) is 0 Å². The van der Waals surface area contributed by atoms with E-state index in [1.165, 1.54) is 11.1 Å². The topological polar surface area (TPSA) is 46.5 Å². The molecule has 28 heavy (non-hydrogen) atoms. The molecule has 0 fully saturated rings. The summed E-state index contributed by atoms with van der Waals surface area (Å²) in [5.74, 6) is 0.347. The second-order valence-electron chi connectivity index (χ2n) is 7.81. The molecular weight excluding hydrogens is 348 g/mol. The number of ether oxygens (including phenoxy) is 1. The fraction of sp³-hybridized carbons (Fsp3) is 0.240. The number of carboxylic acid groups (broad SMARTS) is 1. The summed E-state index contributed by atoms with van der Waals surface area (Å²) in [6.45, 7) is 6.13. The van der Waals surface area contributed by atoms with E-state index in [-0.39, 0.29) is 5.41 Å². The third kappa shape index (κ3) is 4.80. The molecule has 3 heteroatoms. The molecule has 3 aromatic rings. The Morgan fingerprint density at radius 2 is 1.57 bits per heavy atom. The fourth-order valence-electron chi connectivity index (χ4n) is 3.28. The molecule has 0 aliphatic carbocycles. The van der Waals surface area contributed by atoms with Gasteiger partial charge in [-0.15, -0.1) is 0 Å². The van der Waals surface area contributed by atoms with Gasteiger partial charge in [-0.3, -0.25) is 4.79 Å². The largest absolute Gasteiger partial charge is 0.481 e. The van der Waals surface area contributed by atoms with E-state index < -0.39 is 11.9 Å². The normalized spacial score (nSPS) is 12.4. The van der Waals surface area contributed by atoms with Gasteiger partial charge in [0.2, 0.25) is 0 Å². The van der Waals surface area contributed by atoms with Crippen LogP contribution in [0.3, 0.4) is 0 Å². The molecule has 0 radical (unpaired) electrons. The average Bonchev–Trinajstić information content (AvgIpc) is 2.69. The monoisotopic (exact) mass is 374 g/mol. The molecule has 1 unspecified atom stereocenters. The van der Waals surface area contributed by atoms with E-state index in [9.17, 15) is 4.79 Å². The molecule has 0 amide bonds. The van der Waals surface area contributed by atoms with Crippen LogP contribution in [0.5, 0.6) is 11.5 Å². The summed E-state index contributed by atoms with van der Waals surface area (Å²) in [7, 11) is 0. The highest BCUT2D eigenvalue weighted by Gasteiger charge is 2.22. The van der Waals surface area contributed by atoms with Crippen molar-refractivity contribution in [3.8, 4) is 11.5 Å². The van der Waals surface area contributed by atoms with Crippen molar-refractivity contribution in [2.24, 2.45) is 0 Å². The lowest BCUT2D eigenvalue weighted by atomic mass is 9.79. The molecule has 0 saturated heterocycles. The first-order valence-electron chi connectivity index (χ1n) is 9.50. The van der Waals surface area contributed by atoms with Gasteiger partial charge in [0.05, 0.1) is 5.92 Å². The van der Waals surface area contributed by atoms with Gasteiger partial charge >= 0.3 is 5.97 Å². The maximum atomic E-state index is 11.1. The minimum Gasteiger partial charge on any atom is -0.481 e. The van der Waals surface area contributed by atoms with Crippen molar-refractivity contribution in [3.63, 3.8) is 0 Å². The summed E-state index contributed by atoms with van der Waals surface area (Å²) in [4.78, 5) is 11.1. The van der Waals surface area contributed by atoms with E-state index in [4.69, 9.17) is 9.84 Å². The molecule has 0 saturated carbocycles. The number of hydrogen-bond acceptors (Lipinski definition) is 2. The molecular formula is C25H26O3. The van der Waals surface area contributed by atoms with Gasteiger partial charge in [-0.2, -0.15) is 0 Å². The van der Waals surface area contributed by atoms with Gasteiger partial charge in [0.15, 0.2) is 0 Å². The number of rotatable bonds is 7. The number of carboxylic acids is 1. The molecule has 1 N–H and O–H groups in total. The van der Waals surface area contributed by atoms with Crippen molar-refractivity contribution in [1.82, 2.24) is 0 Å². The zero-order valence-electron chi connectivity index (χ0n) is 16.6. The van der Waals surface area contributed by atoms with Gasteiger partial charge in [0.25, 0.3) is 0 Å². The van der Waals surface area contributed by atoms with E-state index >= 15 is 0 Å². The molecule has 0 spiro atoms. The van der Waals surface area contributed by atoms with Crippen molar-refractivity contribution < 1.29 is 14.6 Å². The van der Waals surface area contributed by atoms with Gasteiger partial charge in [0, 0.05) is 0 Å². The average molecular weight is 374 g/mol. The molecule has 1 atom stereocenters. The van der Waals surface area contributed by atoms with Crippen LogP contribution < -0.4 is 4.74 Å². The highest BCUT2D eigenvalue weighted by molar-refractivity contribution is 5.75. The maximum absolute atomic E-state index is 11.1. The van der Waals surface area contributed by atoms with Gasteiger partial charge in [0.1, 0.15) is 11.5 Å². The van der Waals surface area contributed by atoms with Crippen molar-refractivity contribution in [2.75, 3.05) is 0 Å². The number of aliphatic carboxylic acids is 1. The zero-order chi connectivity index (χ0) is 20.1.